The maximum Gasteiger partial charge on any atom is 0.137 e. The van der Waals surface area contributed by atoms with E-state index in [2.05, 4.69) is 26.2 Å². The Morgan fingerprint density at radius 1 is 1.44 bits per heavy atom. The predicted octanol–water partition coefficient (Wildman–Crippen LogP) is 3.96. The Balaban J connectivity index is 1.76. The maximum atomic E-state index is 13.2. The van der Waals surface area contributed by atoms with E-state index in [9.17, 15) is 4.39 Å². The first-order chi connectivity index (χ1) is 8.72. The summed E-state index contributed by atoms with van der Waals surface area (Å²) in [5.41, 5.74) is 0.950. The lowest BCUT2D eigenvalue weighted by Gasteiger charge is -1.99. The van der Waals surface area contributed by atoms with Crippen molar-refractivity contribution in [1.29, 1.82) is 0 Å². The van der Waals surface area contributed by atoms with Gasteiger partial charge in [0.2, 0.25) is 0 Å². The minimum absolute atomic E-state index is 0.245. The Bertz CT molecular complexity index is 566. The van der Waals surface area contributed by atoms with Gasteiger partial charge in [0.25, 0.3) is 0 Å². The fraction of sp³-hybridized carbons (Fsp3) is 0.308. The van der Waals surface area contributed by atoms with Gasteiger partial charge in [0.15, 0.2) is 0 Å². The topological polar surface area (TPSA) is 24.9 Å². The van der Waals surface area contributed by atoms with E-state index >= 15 is 0 Å². The van der Waals surface area contributed by atoms with Gasteiger partial charge in [-0.25, -0.2) is 9.37 Å². The monoisotopic (exact) mass is 326 g/mol. The molecule has 18 heavy (non-hydrogen) atoms. The van der Waals surface area contributed by atoms with Crippen molar-refractivity contribution in [2.75, 3.05) is 0 Å². The first-order valence-corrected chi connectivity index (χ1v) is 7.47. The molecule has 1 aromatic heterocycles. The molecule has 0 amide bonds. The van der Waals surface area contributed by atoms with Crippen LogP contribution in [0.2, 0.25) is 0 Å². The highest BCUT2D eigenvalue weighted by Crippen LogP contribution is 2.29. The second-order valence-electron chi connectivity index (χ2n) is 4.42. The van der Waals surface area contributed by atoms with Gasteiger partial charge in [0.1, 0.15) is 10.8 Å². The van der Waals surface area contributed by atoms with Crippen LogP contribution in [0.25, 0.3) is 10.6 Å². The zero-order valence-corrected chi connectivity index (χ0v) is 12.0. The molecule has 1 aliphatic rings. The quantitative estimate of drug-likeness (QED) is 0.919. The van der Waals surface area contributed by atoms with Gasteiger partial charge >= 0.3 is 0 Å². The van der Waals surface area contributed by atoms with E-state index < -0.39 is 0 Å². The number of aromatic nitrogens is 1. The van der Waals surface area contributed by atoms with Crippen LogP contribution in [0.1, 0.15) is 17.7 Å². The number of nitrogens with one attached hydrogen (secondary N) is 1. The summed E-state index contributed by atoms with van der Waals surface area (Å²) in [6.07, 6.45) is 4.47. The largest absolute Gasteiger partial charge is 0.309 e. The standard InChI is InChI=1S/C13H12BrFN2S/c14-11-5-8(1-4-12(11)15)13-17-7-10(18-13)6-16-9-2-3-9/h1,4-5,7,9,16H,2-3,6H2. The number of hydrogen-bond acceptors (Lipinski definition) is 3. The lowest BCUT2D eigenvalue weighted by Crippen LogP contribution is -2.14. The highest BCUT2D eigenvalue weighted by Gasteiger charge is 2.20. The average Bonchev–Trinajstić information content (AvgIpc) is 3.08. The molecular weight excluding hydrogens is 315 g/mol. The van der Waals surface area contributed by atoms with E-state index in [4.69, 9.17) is 0 Å². The third kappa shape index (κ3) is 2.79. The lowest BCUT2D eigenvalue weighted by molar-refractivity contribution is 0.621. The zero-order chi connectivity index (χ0) is 12.5. The van der Waals surface area contributed by atoms with Crippen LogP contribution in [0.5, 0.6) is 0 Å². The molecule has 94 valence electrons. The molecule has 1 N–H and O–H groups in total. The maximum absolute atomic E-state index is 13.2. The summed E-state index contributed by atoms with van der Waals surface area (Å²) >= 11 is 4.85. The number of benzene rings is 1. The van der Waals surface area contributed by atoms with Gasteiger partial charge in [-0.1, -0.05) is 0 Å². The second-order valence-corrected chi connectivity index (χ2v) is 6.39. The van der Waals surface area contributed by atoms with Crippen molar-refractivity contribution in [3.05, 3.63) is 39.6 Å². The molecule has 5 heteroatoms. The van der Waals surface area contributed by atoms with Gasteiger partial charge in [-0.15, -0.1) is 11.3 Å². The molecule has 0 radical (unpaired) electrons. The molecule has 0 saturated heterocycles. The Labute approximate surface area is 117 Å². The van der Waals surface area contributed by atoms with Crippen molar-refractivity contribution in [2.24, 2.45) is 0 Å². The zero-order valence-electron chi connectivity index (χ0n) is 9.62. The number of halogens is 2. The van der Waals surface area contributed by atoms with E-state index in [0.717, 1.165) is 17.1 Å². The Morgan fingerprint density at radius 2 is 2.28 bits per heavy atom. The molecule has 1 aromatic carbocycles. The van der Waals surface area contributed by atoms with Crippen molar-refractivity contribution in [3.63, 3.8) is 0 Å². The van der Waals surface area contributed by atoms with Crippen molar-refractivity contribution in [1.82, 2.24) is 10.3 Å². The number of nitrogens with zero attached hydrogens (tertiary/aromatic N) is 1. The predicted molar refractivity (Wildman–Crippen MR) is 75.1 cm³/mol. The molecule has 1 fully saturated rings. The van der Waals surface area contributed by atoms with Crippen molar-refractivity contribution >= 4 is 27.3 Å². The number of hydrogen-bond donors (Lipinski definition) is 1. The summed E-state index contributed by atoms with van der Waals surface area (Å²) in [7, 11) is 0. The minimum Gasteiger partial charge on any atom is -0.309 e. The summed E-state index contributed by atoms with van der Waals surface area (Å²) in [5, 5.41) is 4.39. The van der Waals surface area contributed by atoms with Crippen LogP contribution in [0, 0.1) is 5.82 Å². The van der Waals surface area contributed by atoms with Gasteiger partial charge in [0.05, 0.1) is 4.47 Å². The highest BCUT2D eigenvalue weighted by molar-refractivity contribution is 9.10. The summed E-state index contributed by atoms with van der Waals surface area (Å²) in [6.45, 7) is 0.880. The highest BCUT2D eigenvalue weighted by atomic mass is 79.9. The van der Waals surface area contributed by atoms with Gasteiger partial charge < -0.3 is 5.32 Å². The van der Waals surface area contributed by atoms with Crippen LogP contribution in [0.3, 0.4) is 0 Å². The molecule has 1 heterocycles. The van der Waals surface area contributed by atoms with E-state index in [1.54, 1.807) is 23.5 Å². The molecule has 0 unspecified atom stereocenters. The SMILES string of the molecule is Fc1ccc(-c2ncc(CNC3CC3)s2)cc1Br. The fourth-order valence-electron chi connectivity index (χ4n) is 1.68. The summed E-state index contributed by atoms with van der Waals surface area (Å²) in [6, 6.07) is 5.70. The molecule has 0 spiro atoms. The first-order valence-electron chi connectivity index (χ1n) is 5.86. The van der Waals surface area contributed by atoms with Crippen molar-refractivity contribution < 1.29 is 4.39 Å². The van der Waals surface area contributed by atoms with Gasteiger partial charge in [0, 0.05) is 29.2 Å². The normalized spacial score (nSPS) is 15.0. The van der Waals surface area contributed by atoms with Crippen molar-refractivity contribution in [3.8, 4) is 10.6 Å². The van der Waals surface area contributed by atoms with E-state index in [1.165, 1.54) is 23.8 Å². The molecule has 0 atom stereocenters. The molecule has 2 nitrogen and oxygen atoms in total. The average molecular weight is 327 g/mol. The van der Waals surface area contributed by atoms with Crippen LogP contribution < -0.4 is 5.32 Å². The molecule has 3 rings (SSSR count). The fourth-order valence-corrected chi connectivity index (χ4v) is 2.92. The molecule has 1 aliphatic carbocycles. The van der Waals surface area contributed by atoms with Crippen molar-refractivity contribution in [2.45, 2.75) is 25.4 Å². The van der Waals surface area contributed by atoms with Crippen LogP contribution in [0.4, 0.5) is 4.39 Å². The third-order valence-corrected chi connectivity index (χ3v) is 4.52. The summed E-state index contributed by atoms with van der Waals surface area (Å²) in [4.78, 5) is 5.61. The lowest BCUT2D eigenvalue weighted by atomic mass is 10.2. The van der Waals surface area contributed by atoms with Gasteiger partial charge in [-0.05, 0) is 47.0 Å². The summed E-state index contributed by atoms with van der Waals surface area (Å²) < 4.78 is 13.6. The molecule has 0 bridgehead atoms. The van der Waals surface area contributed by atoms with E-state index in [1.807, 2.05) is 6.20 Å². The van der Waals surface area contributed by atoms with Gasteiger partial charge in [-0.3, -0.25) is 0 Å². The Morgan fingerprint density at radius 3 is 3.00 bits per heavy atom. The summed E-state index contributed by atoms with van der Waals surface area (Å²) in [5.74, 6) is -0.245. The molecular formula is C13H12BrFN2S. The van der Waals surface area contributed by atoms with Crippen LogP contribution in [-0.4, -0.2) is 11.0 Å². The van der Waals surface area contributed by atoms with E-state index in [-0.39, 0.29) is 5.82 Å². The third-order valence-electron chi connectivity index (χ3n) is 2.86. The minimum atomic E-state index is -0.245. The number of thiazole rings is 1. The first kappa shape index (κ1) is 12.3. The second kappa shape index (κ2) is 5.07. The smallest absolute Gasteiger partial charge is 0.137 e. The number of rotatable bonds is 4. The Hall–Kier alpha value is -0.780. The van der Waals surface area contributed by atoms with Gasteiger partial charge in [-0.2, -0.15) is 0 Å². The van der Waals surface area contributed by atoms with Crippen LogP contribution >= 0.6 is 27.3 Å². The molecule has 0 aliphatic heterocycles. The molecule has 2 aromatic rings. The van der Waals surface area contributed by atoms with E-state index in [0.29, 0.717) is 10.5 Å². The molecule has 1 saturated carbocycles. The van der Waals surface area contributed by atoms with Crippen LogP contribution in [0.15, 0.2) is 28.9 Å². The van der Waals surface area contributed by atoms with Crippen LogP contribution in [-0.2, 0) is 6.54 Å². The Kier molecular flexibility index (Phi) is 3.46.